The molecule has 0 aliphatic heterocycles. The van der Waals surface area contributed by atoms with Gasteiger partial charge in [-0.15, -0.1) is 0 Å². The standard InChI is InChI=1S/C26H26ClNO2/c27-24-13-7-6-12-23(24)26(30-25(29)18-28,21-10-2-1-3-11-21)22-16-14-20(15-17-22)19-8-4-5-9-19/h1-3,6-7,10-17,19H,4-5,8-9,18,28H2. The molecule has 0 heterocycles. The van der Waals surface area contributed by atoms with Crippen molar-refractivity contribution in [2.75, 3.05) is 6.54 Å². The van der Waals surface area contributed by atoms with Crippen molar-refractivity contribution < 1.29 is 9.53 Å². The van der Waals surface area contributed by atoms with Gasteiger partial charge in [-0.3, -0.25) is 4.79 Å². The maximum Gasteiger partial charge on any atom is 0.321 e. The number of nitrogens with two attached hydrogens (primary N) is 1. The maximum atomic E-state index is 12.5. The predicted octanol–water partition coefficient (Wildman–Crippen LogP) is 5.79. The Morgan fingerprint density at radius 1 is 0.900 bits per heavy atom. The molecule has 30 heavy (non-hydrogen) atoms. The molecule has 3 aromatic rings. The summed E-state index contributed by atoms with van der Waals surface area (Å²) >= 11 is 6.65. The van der Waals surface area contributed by atoms with E-state index in [1.54, 1.807) is 0 Å². The number of ether oxygens (including phenoxy) is 1. The highest BCUT2D eigenvalue weighted by Gasteiger charge is 2.42. The van der Waals surface area contributed by atoms with Gasteiger partial charge in [0.25, 0.3) is 0 Å². The number of carbonyl (C=O) groups excluding carboxylic acids is 1. The Morgan fingerprint density at radius 3 is 2.13 bits per heavy atom. The largest absolute Gasteiger partial charge is 0.443 e. The second-order valence-electron chi connectivity index (χ2n) is 7.81. The third kappa shape index (κ3) is 3.88. The number of esters is 1. The molecule has 3 aromatic carbocycles. The Morgan fingerprint density at radius 2 is 1.50 bits per heavy atom. The zero-order valence-electron chi connectivity index (χ0n) is 16.9. The van der Waals surface area contributed by atoms with Crippen LogP contribution in [0.3, 0.4) is 0 Å². The van der Waals surface area contributed by atoms with Gasteiger partial charge in [0.05, 0.1) is 6.54 Å². The average Bonchev–Trinajstić information content (AvgIpc) is 3.34. The highest BCUT2D eigenvalue weighted by molar-refractivity contribution is 6.31. The van der Waals surface area contributed by atoms with Crippen LogP contribution in [0, 0.1) is 0 Å². The summed E-state index contributed by atoms with van der Waals surface area (Å²) in [6.45, 7) is -0.209. The Kier molecular flexibility index (Phi) is 6.21. The second kappa shape index (κ2) is 9.03. The Balaban J connectivity index is 1.92. The minimum atomic E-state index is -1.18. The van der Waals surface area contributed by atoms with Crippen LogP contribution in [0.4, 0.5) is 0 Å². The molecule has 0 amide bonds. The van der Waals surface area contributed by atoms with Crippen molar-refractivity contribution in [3.63, 3.8) is 0 Å². The van der Waals surface area contributed by atoms with Crippen LogP contribution in [0.25, 0.3) is 0 Å². The zero-order valence-corrected chi connectivity index (χ0v) is 17.6. The zero-order chi connectivity index (χ0) is 21.0. The first kappa shape index (κ1) is 20.6. The Bertz CT molecular complexity index is 997. The van der Waals surface area contributed by atoms with E-state index < -0.39 is 11.6 Å². The van der Waals surface area contributed by atoms with Crippen LogP contribution in [-0.4, -0.2) is 12.5 Å². The van der Waals surface area contributed by atoms with Crippen molar-refractivity contribution in [3.8, 4) is 0 Å². The first-order valence-electron chi connectivity index (χ1n) is 10.5. The number of benzene rings is 3. The molecule has 0 aromatic heterocycles. The normalized spacial score (nSPS) is 16.2. The molecule has 0 radical (unpaired) electrons. The summed E-state index contributed by atoms with van der Waals surface area (Å²) in [5.41, 5.74) is 8.21. The summed E-state index contributed by atoms with van der Waals surface area (Å²) in [4.78, 5) is 12.5. The topological polar surface area (TPSA) is 52.3 Å². The first-order chi connectivity index (χ1) is 14.6. The lowest BCUT2D eigenvalue weighted by Gasteiger charge is -2.36. The van der Waals surface area contributed by atoms with Crippen LogP contribution in [0.5, 0.6) is 0 Å². The van der Waals surface area contributed by atoms with E-state index in [2.05, 4.69) is 24.3 Å². The third-order valence-corrected chi connectivity index (χ3v) is 6.34. The van der Waals surface area contributed by atoms with Crippen LogP contribution >= 0.6 is 11.6 Å². The summed E-state index contributed by atoms with van der Waals surface area (Å²) in [6, 6.07) is 25.7. The van der Waals surface area contributed by atoms with Crippen molar-refractivity contribution in [1.29, 1.82) is 0 Å². The first-order valence-corrected chi connectivity index (χ1v) is 10.9. The van der Waals surface area contributed by atoms with Gasteiger partial charge in [-0.25, -0.2) is 0 Å². The van der Waals surface area contributed by atoms with Gasteiger partial charge < -0.3 is 10.5 Å². The maximum absolute atomic E-state index is 12.5. The van der Waals surface area contributed by atoms with Gasteiger partial charge in [0, 0.05) is 21.7 Å². The monoisotopic (exact) mass is 419 g/mol. The minimum absolute atomic E-state index is 0.209. The number of rotatable bonds is 6. The third-order valence-electron chi connectivity index (χ3n) is 6.01. The molecule has 4 rings (SSSR count). The van der Waals surface area contributed by atoms with Gasteiger partial charge in [0.1, 0.15) is 0 Å². The van der Waals surface area contributed by atoms with Crippen molar-refractivity contribution in [2.24, 2.45) is 5.73 Å². The molecule has 1 fully saturated rings. The second-order valence-corrected chi connectivity index (χ2v) is 8.22. The van der Waals surface area contributed by atoms with E-state index in [4.69, 9.17) is 22.1 Å². The van der Waals surface area contributed by atoms with E-state index in [-0.39, 0.29) is 6.54 Å². The molecule has 1 aliphatic carbocycles. The molecule has 0 saturated heterocycles. The fourth-order valence-electron chi connectivity index (χ4n) is 4.53. The highest BCUT2D eigenvalue weighted by atomic mass is 35.5. The molecule has 2 N–H and O–H groups in total. The molecule has 1 atom stereocenters. The van der Waals surface area contributed by atoms with Gasteiger partial charge in [0.2, 0.25) is 0 Å². The average molecular weight is 420 g/mol. The van der Waals surface area contributed by atoms with Crippen LogP contribution in [-0.2, 0) is 15.1 Å². The quantitative estimate of drug-likeness (QED) is 0.406. The van der Waals surface area contributed by atoms with Crippen molar-refractivity contribution in [3.05, 3.63) is 106 Å². The number of hydrogen-bond acceptors (Lipinski definition) is 3. The molecule has 154 valence electrons. The van der Waals surface area contributed by atoms with Gasteiger partial charge in [0.15, 0.2) is 5.60 Å². The molecule has 0 spiro atoms. The molecule has 3 nitrogen and oxygen atoms in total. The minimum Gasteiger partial charge on any atom is -0.443 e. The fraction of sp³-hybridized carbons (Fsp3) is 0.269. The van der Waals surface area contributed by atoms with E-state index >= 15 is 0 Å². The van der Waals surface area contributed by atoms with Crippen molar-refractivity contribution >= 4 is 17.6 Å². The molecular formula is C26H26ClNO2. The number of carbonyl (C=O) groups is 1. The summed E-state index contributed by atoms with van der Waals surface area (Å²) in [5, 5.41) is 0.533. The molecule has 1 aliphatic rings. The lowest BCUT2D eigenvalue weighted by Crippen LogP contribution is -2.37. The molecule has 4 heteroatoms. The van der Waals surface area contributed by atoms with E-state index in [1.807, 2.05) is 54.6 Å². The van der Waals surface area contributed by atoms with Crippen LogP contribution < -0.4 is 5.73 Å². The van der Waals surface area contributed by atoms with E-state index in [0.29, 0.717) is 16.5 Å². The Labute approximate surface area is 182 Å². The number of halogens is 1. The lowest BCUT2D eigenvalue weighted by molar-refractivity contribution is -0.151. The van der Waals surface area contributed by atoms with Gasteiger partial charge >= 0.3 is 5.97 Å². The van der Waals surface area contributed by atoms with Crippen LogP contribution in [0.1, 0.15) is 53.9 Å². The molecule has 1 saturated carbocycles. The molecular weight excluding hydrogens is 394 g/mol. The smallest absolute Gasteiger partial charge is 0.321 e. The summed E-state index contributed by atoms with van der Waals surface area (Å²) in [7, 11) is 0. The summed E-state index contributed by atoms with van der Waals surface area (Å²) in [5.74, 6) is 0.121. The van der Waals surface area contributed by atoms with Crippen LogP contribution in [0.15, 0.2) is 78.9 Å². The van der Waals surface area contributed by atoms with E-state index in [0.717, 1.165) is 11.1 Å². The SMILES string of the molecule is NCC(=O)OC(c1ccccc1)(c1ccc(C2CCCC2)cc1)c1ccccc1Cl. The predicted molar refractivity (Wildman–Crippen MR) is 121 cm³/mol. The van der Waals surface area contributed by atoms with Gasteiger partial charge in [-0.2, -0.15) is 0 Å². The fourth-order valence-corrected chi connectivity index (χ4v) is 4.80. The summed E-state index contributed by atoms with van der Waals surface area (Å²) < 4.78 is 6.14. The molecule has 1 unspecified atom stereocenters. The van der Waals surface area contributed by atoms with Crippen molar-refractivity contribution in [1.82, 2.24) is 0 Å². The summed E-state index contributed by atoms with van der Waals surface area (Å²) in [6.07, 6.45) is 5.04. The lowest BCUT2D eigenvalue weighted by atomic mass is 9.79. The van der Waals surface area contributed by atoms with E-state index in [9.17, 15) is 4.79 Å². The van der Waals surface area contributed by atoms with Crippen LogP contribution in [0.2, 0.25) is 5.02 Å². The van der Waals surface area contributed by atoms with E-state index in [1.165, 1.54) is 31.2 Å². The molecule has 0 bridgehead atoms. The van der Waals surface area contributed by atoms with Gasteiger partial charge in [-0.1, -0.05) is 97.2 Å². The van der Waals surface area contributed by atoms with Crippen molar-refractivity contribution in [2.45, 2.75) is 37.2 Å². The Hall–Kier alpha value is -2.62. The van der Waals surface area contributed by atoms with Gasteiger partial charge in [-0.05, 0) is 30.4 Å². The number of hydrogen-bond donors (Lipinski definition) is 1. The highest BCUT2D eigenvalue weighted by Crippen LogP contribution is 2.44.